The number of hydrogen-bond acceptors (Lipinski definition) is 5. The Morgan fingerprint density at radius 2 is 1.09 bits per heavy atom. The van der Waals surface area contributed by atoms with Gasteiger partial charge in [-0.05, 0) is 30.5 Å². The molecule has 0 amide bonds. The van der Waals surface area contributed by atoms with E-state index < -0.39 is 10.1 Å². The second-order valence-electron chi connectivity index (χ2n) is 12.7. The second-order valence-corrected chi connectivity index (χ2v) is 14.1. The molecule has 0 spiro atoms. The number of nitrogens with zero attached hydrogens (tertiary/aromatic N) is 1. The zero-order valence-corrected chi connectivity index (χ0v) is 32.0. The van der Waals surface area contributed by atoms with E-state index in [4.69, 9.17) is 0 Å². The summed E-state index contributed by atoms with van der Waals surface area (Å²) in [5, 5.41) is 3.50. The molecule has 0 fully saturated rings. The van der Waals surface area contributed by atoms with Crippen LogP contribution in [0.3, 0.4) is 0 Å². The summed E-state index contributed by atoms with van der Waals surface area (Å²) in [6.07, 6.45) is 29.7. The topological polar surface area (TPSA) is 72.5 Å². The minimum Gasteiger partial charge on any atom is -0.744 e. The van der Waals surface area contributed by atoms with Crippen molar-refractivity contribution in [1.82, 2.24) is 0 Å². The van der Waals surface area contributed by atoms with Gasteiger partial charge < -0.3 is 14.8 Å². The number of unbranched alkanes of at least 4 members (excludes halogenated alkanes) is 20. The Balaban J connectivity index is 0.00000675. The van der Waals surface area contributed by atoms with Gasteiger partial charge in [-0.25, -0.2) is 8.42 Å². The minimum atomic E-state index is -4.56. The quantitative estimate of drug-likeness (QED) is 0.0671. The molecule has 1 unspecified atom stereocenters. The third-order valence-corrected chi connectivity index (χ3v) is 9.90. The van der Waals surface area contributed by atoms with Crippen LogP contribution in [0.15, 0.2) is 53.4 Å². The predicted octanol–water partition coefficient (Wildman–Crippen LogP) is 7.96. The maximum Gasteiger partial charge on any atom is 1.00 e. The number of hydrogen-bond donors (Lipinski definition) is 1. The normalized spacial score (nSPS) is 14.3. The van der Waals surface area contributed by atoms with E-state index in [9.17, 15) is 13.0 Å². The van der Waals surface area contributed by atoms with Crippen molar-refractivity contribution in [2.75, 3.05) is 10.2 Å². The van der Waals surface area contributed by atoms with Crippen molar-refractivity contribution >= 4 is 21.5 Å². The van der Waals surface area contributed by atoms with E-state index in [1.807, 2.05) is 36.4 Å². The molecule has 1 heterocycles. The van der Waals surface area contributed by atoms with Gasteiger partial charge in [0.05, 0.1) is 22.4 Å². The van der Waals surface area contributed by atoms with Crippen LogP contribution in [-0.2, 0) is 16.7 Å². The molecule has 0 bridgehead atoms. The summed E-state index contributed by atoms with van der Waals surface area (Å²) < 4.78 is 36.1. The smallest absolute Gasteiger partial charge is 0.744 e. The zero-order valence-electron chi connectivity index (χ0n) is 28.0. The van der Waals surface area contributed by atoms with Gasteiger partial charge in [-0.15, -0.1) is 0 Å². The van der Waals surface area contributed by atoms with Crippen LogP contribution in [0.25, 0.3) is 0 Å². The van der Waals surface area contributed by atoms with Gasteiger partial charge >= 0.3 is 51.4 Å². The first-order valence-electron chi connectivity index (χ1n) is 17.7. The molecule has 1 atom stereocenters. The van der Waals surface area contributed by atoms with Crippen LogP contribution in [0.2, 0.25) is 0 Å². The summed E-state index contributed by atoms with van der Waals surface area (Å²) in [6.45, 7) is 2.85. The molecule has 5 nitrogen and oxygen atoms in total. The van der Waals surface area contributed by atoms with Crippen molar-refractivity contribution in [2.24, 2.45) is 0 Å². The Labute approximate surface area is 312 Å². The Morgan fingerprint density at radius 1 is 0.636 bits per heavy atom. The first kappa shape index (κ1) is 39.8. The predicted molar refractivity (Wildman–Crippen MR) is 182 cm³/mol. The Hall–Kier alpha value is -0.414. The van der Waals surface area contributed by atoms with Crippen molar-refractivity contribution in [2.45, 2.75) is 166 Å². The molecule has 242 valence electrons. The third-order valence-electron chi connectivity index (χ3n) is 9.03. The second kappa shape index (κ2) is 23.8. The number of anilines is 2. The number of fused-ring (bicyclic) bond motifs is 1. The molecule has 2 aromatic rings. The van der Waals surface area contributed by atoms with Gasteiger partial charge in [0.1, 0.15) is 10.1 Å². The molecule has 0 saturated carbocycles. The fraction of sp³-hybridized carbons (Fsp3) is 0.676. The Bertz CT molecular complexity index is 1110. The molecule has 0 radical (unpaired) electrons. The monoisotopic (exact) mass is 650 g/mol. The molecule has 0 saturated heterocycles. The molecule has 0 aromatic heterocycles. The van der Waals surface area contributed by atoms with Gasteiger partial charge in [0.15, 0.2) is 0 Å². The molecule has 3 rings (SSSR count). The van der Waals surface area contributed by atoms with Crippen LogP contribution in [0.5, 0.6) is 0 Å². The van der Waals surface area contributed by atoms with Crippen LogP contribution >= 0.6 is 0 Å². The van der Waals surface area contributed by atoms with Gasteiger partial charge in [0.25, 0.3) is 0 Å². The van der Waals surface area contributed by atoms with Crippen molar-refractivity contribution < 1.29 is 64.4 Å². The summed E-state index contributed by atoms with van der Waals surface area (Å²) in [7, 11) is -4.56. The van der Waals surface area contributed by atoms with Crippen molar-refractivity contribution in [3.8, 4) is 0 Å². The first-order chi connectivity index (χ1) is 21.0. The van der Waals surface area contributed by atoms with E-state index in [0.29, 0.717) is 12.2 Å². The average molecular weight is 651 g/mol. The van der Waals surface area contributed by atoms with Gasteiger partial charge in [-0.3, -0.25) is 0 Å². The van der Waals surface area contributed by atoms with Crippen LogP contribution in [0.1, 0.15) is 154 Å². The molecule has 0 aliphatic carbocycles. The van der Waals surface area contributed by atoms with Crippen LogP contribution in [-0.4, -0.2) is 19.1 Å². The number of nitrogens with one attached hydrogen (secondary N) is 1. The standard InChI is InChI=1S/C37H60N2O3S.K/c1-2-3-4-5-6-7-8-9-10-11-12-13-14-15-16-17-18-19-20-21-25-31-36-38-34-29-26-30-35(43(40,41)42)37(34)39(36)32-33-27-23-22-24-28-33;/h22-24,26-30,36,38H,2-21,25,31-32H2,1H3,(H,40,41,42);/q;+1/p-1. The average Bonchev–Trinajstić information content (AvgIpc) is 3.34. The van der Waals surface area contributed by atoms with Crippen molar-refractivity contribution in [3.63, 3.8) is 0 Å². The van der Waals surface area contributed by atoms with E-state index >= 15 is 0 Å². The van der Waals surface area contributed by atoms with E-state index in [2.05, 4.69) is 17.1 Å². The molecule has 44 heavy (non-hydrogen) atoms. The van der Waals surface area contributed by atoms with Crippen molar-refractivity contribution in [3.05, 3.63) is 54.1 Å². The van der Waals surface area contributed by atoms with Gasteiger partial charge in [0, 0.05) is 6.54 Å². The molecular weight excluding hydrogens is 592 g/mol. The van der Waals surface area contributed by atoms with Gasteiger partial charge in [0.2, 0.25) is 0 Å². The first-order valence-corrected chi connectivity index (χ1v) is 19.1. The van der Waals surface area contributed by atoms with E-state index in [1.54, 1.807) is 6.07 Å². The summed E-state index contributed by atoms with van der Waals surface area (Å²) in [4.78, 5) is 1.95. The van der Waals surface area contributed by atoms with E-state index in [1.165, 1.54) is 134 Å². The third kappa shape index (κ3) is 15.5. The molecular formula is C37H59KN2O3S. The summed E-state index contributed by atoms with van der Waals surface area (Å²) in [5.74, 6) is 0. The van der Waals surface area contributed by atoms with Gasteiger partial charge in [-0.2, -0.15) is 0 Å². The maximum atomic E-state index is 12.0. The molecule has 2 aromatic carbocycles. The van der Waals surface area contributed by atoms with Gasteiger partial charge in [-0.1, -0.05) is 172 Å². The fourth-order valence-corrected chi connectivity index (χ4v) is 7.23. The summed E-state index contributed by atoms with van der Waals surface area (Å²) in [6, 6.07) is 15.0. The van der Waals surface area contributed by atoms with Crippen molar-refractivity contribution in [1.29, 1.82) is 0 Å². The van der Waals surface area contributed by atoms with E-state index in [-0.39, 0.29) is 62.4 Å². The number of rotatable bonds is 25. The number of benzene rings is 2. The molecule has 1 aliphatic rings. The molecule has 1 N–H and O–H groups in total. The summed E-state index contributed by atoms with van der Waals surface area (Å²) in [5.41, 5.74) is 2.36. The maximum absolute atomic E-state index is 12.0. The molecule has 7 heteroatoms. The largest absolute Gasteiger partial charge is 1.00 e. The zero-order chi connectivity index (χ0) is 30.6. The Morgan fingerprint density at radius 3 is 1.55 bits per heavy atom. The summed E-state index contributed by atoms with van der Waals surface area (Å²) >= 11 is 0. The van der Waals surface area contributed by atoms with Crippen LogP contribution in [0, 0.1) is 0 Å². The Kier molecular flexibility index (Phi) is 21.5. The SMILES string of the molecule is CCCCCCCCCCCCCCCCCCCCCCCC1Nc2cccc(S(=O)(=O)[O-])c2N1Cc1ccccc1.[K+]. The molecule has 1 aliphatic heterocycles. The van der Waals surface area contributed by atoms with Crippen LogP contribution < -0.4 is 61.6 Å². The van der Waals surface area contributed by atoms with E-state index in [0.717, 1.165) is 24.1 Å². The number of para-hydroxylation sites is 1. The van der Waals surface area contributed by atoms with Crippen LogP contribution in [0.4, 0.5) is 11.4 Å². The fourth-order valence-electron chi connectivity index (χ4n) is 6.52. The minimum absolute atomic E-state index is 0.